The minimum atomic E-state index is -0.925. The molecule has 4 rings (SSSR count). The molecule has 0 N–H and O–H groups in total. The van der Waals surface area contributed by atoms with E-state index in [0.29, 0.717) is 36.5 Å². The Hall–Kier alpha value is -2.02. The van der Waals surface area contributed by atoms with Gasteiger partial charge in [0.2, 0.25) is 0 Å². The third-order valence-electron chi connectivity index (χ3n) is 12.6. The average Bonchev–Trinajstić information content (AvgIpc) is 3.41. The lowest BCUT2D eigenvalue weighted by molar-refractivity contribution is -0.168. The van der Waals surface area contributed by atoms with Crippen LogP contribution in [0.4, 0.5) is 0 Å². The molecule has 2 fully saturated rings. The van der Waals surface area contributed by atoms with E-state index in [4.69, 9.17) is 15.9 Å². The van der Waals surface area contributed by atoms with Crippen LogP contribution in [-0.4, -0.2) is 23.6 Å². The van der Waals surface area contributed by atoms with Crippen molar-refractivity contribution < 1.29 is 19.1 Å². The average molecular weight is 649 g/mol. The van der Waals surface area contributed by atoms with Gasteiger partial charge in [0.25, 0.3) is 0 Å². The van der Waals surface area contributed by atoms with E-state index in [1.807, 2.05) is 0 Å². The molecule has 0 heterocycles. The van der Waals surface area contributed by atoms with Crippen LogP contribution in [0.25, 0.3) is 0 Å². The summed E-state index contributed by atoms with van der Waals surface area (Å²) in [5.74, 6) is 5.01. The monoisotopic (exact) mass is 649 g/mol. The Kier molecular flexibility index (Phi) is 15.5. The summed E-state index contributed by atoms with van der Waals surface area (Å²) in [6.07, 6.45) is 40.8. The molecule has 0 aromatic heterocycles. The van der Waals surface area contributed by atoms with Gasteiger partial charge >= 0.3 is 11.9 Å². The Morgan fingerprint density at radius 2 is 1.36 bits per heavy atom. The zero-order chi connectivity index (χ0) is 33.5. The molecule has 0 unspecified atom stereocenters. The lowest BCUT2D eigenvalue weighted by Crippen LogP contribution is -2.55. The van der Waals surface area contributed by atoms with Gasteiger partial charge in [0, 0.05) is 18.3 Å². The van der Waals surface area contributed by atoms with Crippen molar-refractivity contribution >= 4 is 11.9 Å². The third-order valence-corrected chi connectivity index (χ3v) is 12.6. The molecule has 0 bridgehead atoms. The van der Waals surface area contributed by atoms with Gasteiger partial charge in [0.1, 0.15) is 6.10 Å². The summed E-state index contributed by atoms with van der Waals surface area (Å²) >= 11 is 0. The minimum absolute atomic E-state index is 0.0194. The molecule has 4 aliphatic carbocycles. The predicted molar refractivity (Wildman–Crippen MR) is 194 cm³/mol. The summed E-state index contributed by atoms with van der Waals surface area (Å²) in [5.41, 5.74) is 0.390. The third kappa shape index (κ3) is 9.57. The molecule has 0 radical (unpaired) electrons. The molecule has 2 saturated carbocycles. The molecule has 4 heteroatoms. The van der Waals surface area contributed by atoms with Crippen LogP contribution >= 0.6 is 0 Å². The number of hydrogen-bond donors (Lipinski definition) is 0. The van der Waals surface area contributed by atoms with Crippen molar-refractivity contribution in [2.45, 2.75) is 193 Å². The van der Waals surface area contributed by atoms with Crippen LogP contribution < -0.4 is 0 Å². The number of allylic oxidation sites excluding steroid dienone is 2. The summed E-state index contributed by atoms with van der Waals surface area (Å²) < 4.78 is 12.3. The number of carbonyl (C=O) groups excluding carboxylic acids is 2. The first kappa shape index (κ1) is 37.8. The molecule has 4 nitrogen and oxygen atoms in total. The summed E-state index contributed by atoms with van der Waals surface area (Å²) in [6, 6.07) is 0. The molecular formula is C43H68O4. The standard InChI is InChI=1S/C43H68O4/c1-5-9-11-13-15-17-19-21-23-40(44)46-35-26-28-36-34(33-35)25-27-38-37(36)29-31-42(7-3)39(38)30-32-43(42,8-4)47-41(45)24-22-20-18-16-14-12-10-6-2/h4,30,32-33,35-39H,5-7,9-29,31H2,1-3H3/t35-,36-,37+,38+,39-,42-,43-/m0/s1. The highest BCUT2D eigenvalue weighted by molar-refractivity contribution is 5.71. The fourth-order valence-corrected chi connectivity index (χ4v) is 10.00. The lowest BCUT2D eigenvalue weighted by atomic mass is 9.49. The maximum Gasteiger partial charge on any atom is 0.307 e. The Labute approximate surface area is 288 Å². The fraction of sp³-hybridized carbons (Fsp3) is 0.814. The Balaban J connectivity index is 1.26. The quantitative estimate of drug-likeness (QED) is 0.0538. The molecule has 7 atom stereocenters. The Bertz CT molecular complexity index is 1080. The van der Waals surface area contributed by atoms with Gasteiger partial charge in [-0.3, -0.25) is 9.59 Å². The molecule has 264 valence electrons. The first-order valence-electron chi connectivity index (χ1n) is 20.2. The zero-order valence-electron chi connectivity index (χ0n) is 30.5. The normalized spacial score (nSPS) is 30.9. The van der Waals surface area contributed by atoms with E-state index in [9.17, 15) is 9.59 Å². The van der Waals surface area contributed by atoms with Crippen molar-refractivity contribution in [3.8, 4) is 12.3 Å². The van der Waals surface area contributed by atoms with Gasteiger partial charge in [-0.25, -0.2) is 0 Å². The van der Waals surface area contributed by atoms with Crippen molar-refractivity contribution in [1.82, 2.24) is 0 Å². The van der Waals surface area contributed by atoms with E-state index in [2.05, 4.69) is 44.9 Å². The van der Waals surface area contributed by atoms with E-state index in [1.54, 1.807) is 0 Å². The maximum atomic E-state index is 13.2. The van der Waals surface area contributed by atoms with Gasteiger partial charge in [0.15, 0.2) is 5.60 Å². The molecule has 0 amide bonds. The Morgan fingerprint density at radius 3 is 1.96 bits per heavy atom. The van der Waals surface area contributed by atoms with Crippen molar-refractivity contribution in [3.63, 3.8) is 0 Å². The van der Waals surface area contributed by atoms with Crippen LogP contribution in [0.1, 0.15) is 181 Å². The topological polar surface area (TPSA) is 52.6 Å². The van der Waals surface area contributed by atoms with Crippen molar-refractivity contribution in [1.29, 1.82) is 0 Å². The molecule has 47 heavy (non-hydrogen) atoms. The van der Waals surface area contributed by atoms with E-state index in [0.717, 1.165) is 70.6 Å². The number of rotatable bonds is 21. The van der Waals surface area contributed by atoms with Gasteiger partial charge in [-0.2, -0.15) is 0 Å². The van der Waals surface area contributed by atoms with Crippen LogP contribution in [0.3, 0.4) is 0 Å². The van der Waals surface area contributed by atoms with E-state index < -0.39 is 5.60 Å². The van der Waals surface area contributed by atoms with Crippen LogP contribution in [0, 0.1) is 41.4 Å². The van der Waals surface area contributed by atoms with Gasteiger partial charge in [-0.15, -0.1) is 6.42 Å². The van der Waals surface area contributed by atoms with E-state index in [-0.39, 0.29) is 23.5 Å². The molecular weight excluding hydrogens is 580 g/mol. The van der Waals surface area contributed by atoms with E-state index in [1.165, 1.54) is 82.6 Å². The molecule has 0 spiro atoms. The van der Waals surface area contributed by atoms with Gasteiger partial charge in [-0.05, 0) is 93.6 Å². The van der Waals surface area contributed by atoms with Gasteiger partial charge < -0.3 is 9.47 Å². The highest BCUT2D eigenvalue weighted by Crippen LogP contribution is 2.64. The van der Waals surface area contributed by atoms with Crippen LogP contribution in [-0.2, 0) is 19.1 Å². The molecule has 0 saturated heterocycles. The fourth-order valence-electron chi connectivity index (χ4n) is 10.00. The van der Waals surface area contributed by atoms with Crippen LogP contribution in [0.15, 0.2) is 23.8 Å². The number of ether oxygens (including phenoxy) is 2. The highest BCUT2D eigenvalue weighted by Gasteiger charge is 2.63. The summed E-state index contributed by atoms with van der Waals surface area (Å²) in [5, 5.41) is 0. The Morgan fingerprint density at radius 1 is 0.766 bits per heavy atom. The number of carbonyl (C=O) groups is 2. The van der Waals surface area contributed by atoms with E-state index >= 15 is 0 Å². The molecule has 4 aliphatic rings. The second kappa shape index (κ2) is 19.2. The number of esters is 2. The molecule has 0 aromatic rings. The SMILES string of the molecule is C#C[C@]1(OC(=O)CCCCCCCCCC)C=C[C@H]2[C@@H]3CCC4=C[C@@H](OC(=O)CCCCCCCCCC)CC[C@@H]4[C@H]3CC[C@@]21CC. The van der Waals surface area contributed by atoms with Gasteiger partial charge in [-0.1, -0.05) is 128 Å². The largest absolute Gasteiger partial charge is 0.458 e. The lowest BCUT2D eigenvalue weighted by Gasteiger charge is -2.56. The van der Waals surface area contributed by atoms with Crippen molar-refractivity contribution in [3.05, 3.63) is 23.8 Å². The number of terminal acetylenes is 1. The van der Waals surface area contributed by atoms with Crippen LogP contribution in [0.2, 0.25) is 0 Å². The first-order valence-corrected chi connectivity index (χ1v) is 20.2. The first-order chi connectivity index (χ1) is 22.9. The minimum Gasteiger partial charge on any atom is -0.458 e. The number of fused-ring (bicyclic) bond motifs is 5. The number of unbranched alkanes of at least 4 members (excludes halogenated alkanes) is 14. The molecule has 0 aliphatic heterocycles. The second-order valence-corrected chi connectivity index (χ2v) is 15.6. The highest BCUT2D eigenvalue weighted by atomic mass is 16.6. The van der Waals surface area contributed by atoms with Gasteiger partial charge in [0.05, 0.1) is 0 Å². The summed E-state index contributed by atoms with van der Waals surface area (Å²) in [7, 11) is 0. The smallest absolute Gasteiger partial charge is 0.307 e. The summed E-state index contributed by atoms with van der Waals surface area (Å²) in [6.45, 7) is 6.75. The second-order valence-electron chi connectivity index (χ2n) is 15.6. The van der Waals surface area contributed by atoms with Crippen molar-refractivity contribution in [2.75, 3.05) is 0 Å². The predicted octanol–water partition coefficient (Wildman–Crippen LogP) is 11.6. The van der Waals surface area contributed by atoms with Crippen molar-refractivity contribution in [2.24, 2.45) is 29.1 Å². The van der Waals surface area contributed by atoms with Crippen LogP contribution in [0.5, 0.6) is 0 Å². The number of hydrogen-bond acceptors (Lipinski definition) is 4. The summed E-state index contributed by atoms with van der Waals surface area (Å²) in [4.78, 5) is 25.8. The zero-order valence-corrected chi connectivity index (χ0v) is 30.5. The molecule has 0 aromatic carbocycles. The maximum absolute atomic E-state index is 13.2.